The molecule has 0 radical (unpaired) electrons. The van der Waals surface area contributed by atoms with Crippen LogP contribution in [-0.4, -0.2) is 24.1 Å². The normalized spacial score (nSPS) is 11.0. The van der Waals surface area contributed by atoms with E-state index in [2.05, 4.69) is 30.9 Å². The number of ether oxygens (including phenoxy) is 1. The molecule has 0 saturated carbocycles. The molecule has 3 aromatic heterocycles. The van der Waals surface area contributed by atoms with Crippen molar-refractivity contribution in [3.8, 4) is 11.8 Å². The predicted molar refractivity (Wildman–Crippen MR) is 78.6 cm³/mol. The van der Waals surface area contributed by atoms with Gasteiger partial charge in [0, 0.05) is 24.8 Å². The molecule has 3 heterocycles. The first-order valence-electron chi connectivity index (χ1n) is 5.91. The van der Waals surface area contributed by atoms with E-state index < -0.39 is 11.2 Å². The average Bonchev–Trinajstić information content (AvgIpc) is 2.87. The summed E-state index contributed by atoms with van der Waals surface area (Å²) in [5.74, 6) is 0.449. The predicted octanol–water partition coefficient (Wildman–Crippen LogP) is 0.910. The second-order valence-electron chi connectivity index (χ2n) is 4.39. The Morgan fingerprint density at radius 3 is 2.71 bits per heavy atom. The number of aryl methyl sites for hydroxylation is 1. The summed E-state index contributed by atoms with van der Waals surface area (Å²) in [4.78, 5) is 34.7. The van der Waals surface area contributed by atoms with Gasteiger partial charge in [0.2, 0.25) is 0 Å². The zero-order valence-corrected chi connectivity index (χ0v) is 12.7. The number of hydrogen-bond donors (Lipinski definition) is 1. The molecule has 0 spiro atoms. The number of halogens is 1. The van der Waals surface area contributed by atoms with Crippen molar-refractivity contribution in [2.45, 2.75) is 0 Å². The molecule has 3 rings (SSSR count). The molecule has 0 amide bonds. The third kappa shape index (κ3) is 2.25. The van der Waals surface area contributed by atoms with E-state index in [1.807, 2.05) is 0 Å². The molecule has 0 bridgehead atoms. The number of hydrogen-bond acceptors (Lipinski definition) is 5. The van der Waals surface area contributed by atoms with Gasteiger partial charge in [-0.15, -0.1) is 0 Å². The SMILES string of the molecule is Cn1c(=O)c2[nH]c(Oc3cncc(Br)c3)nc2n(C)c1=O. The Bertz CT molecular complexity index is 956. The van der Waals surface area contributed by atoms with E-state index in [4.69, 9.17) is 4.74 Å². The Balaban J connectivity index is 2.14. The Morgan fingerprint density at radius 1 is 1.24 bits per heavy atom. The second-order valence-corrected chi connectivity index (χ2v) is 5.30. The minimum absolute atomic E-state index is 0.114. The summed E-state index contributed by atoms with van der Waals surface area (Å²) >= 11 is 3.28. The van der Waals surface area contributed by atoms with Gasteiger partial charge >= 0.3 is 11.7 Å². The Hall–Kier alpha value is -2.42. The smallest absolute Gasteiger partial charge is 0.332 e. The van der Waals surface area contributed by atoms with Crippen molar-refractivity contribution >= 4 is 27.1 Å². The standard InChI is InChI=1S/C12H10BrN5O3/c1-17-9-8(10(19)18(2)12(17)20)15-11(16-9)21-7-3-6(13)4-14-5-7/h3-5H,1-2H3,(H,15,16). The first-order chi connectivity index (χ1) is 9.97. The number of imidazole rings is 1. The van der Waals surface area contributed by atoms with Crippen LogP contribution in [-0.2, 0) is 14.1 Å². The lowest BCUT2D eigenvalue weighted by atomic mass is 10.5. The topological polar surface area (TPSA) is 94.8 Å². The number of rotatable bonds is 2. The van der Waals surface area contributed by atoms with Gasteiger partial charge in [-0.3, -0.25) is 18.9 Å². The van der Waals surface area contributed by atoms with E-state index in [0.29, 0.717) is 5.75 Å². The monoisotopic (exact) mass is 351 g/mol. The van der Waals surface area contributed by atoms with E-state index in [-0.39, 0.29) is 17.2 Å². The summed E-state index contributed by atoms with van der Waals surface area (Å²) in [6.45, 7) is 0. The molecule has 0 aliphatic heterocycles. The lowest BCUT2D eigenvalue weighted by Crippen LogP contribution is -2.36. The maximum atomic E-state index is 12.0. The molecule has 9 heteroatoms. The Kier molecular flexibility index (Phi) is 3.13. The van der Waals surface area contributed by atoms with Crippen molar-refractivity contribution in [3.05, 3.63) is 43.8 Å². The first-order valence-corrected chi connectivity index (χ1v) is 6.71. The fourth-order valence-electron chi connectivity index (χ4n) is 1.91. The van der Waals surface area contributed by atoms with E-state index in [0.717, 1.165) is 9.04 Å². The van der Waals surface area contributed by atoms with Gasteiger partial charge in [0.1, 0.15) is 5.75 Å². The van der Waals surface area contributed by atoms with Gasteiger partial charge in [-0.1, -0.05) is 0 Å². The highest BCUT2D eigenvalue weighted by molar-refractivity contribution is 9.10. The molecule has 0 atom stereocenters. The van der Waals surface area contributed by atoms with Gasteiger partial charge in [-0.05, 0) is 22.0 Å². The zero-order chi connectivity index (χ0) is 15.1. The molecule has 21 heavy (non-hydrogen) atoms. The minimum Gasteiger partial charge on any atom is -0.424 e. The van der Waals surface area contributed by atoms with E-state index in [1.165, 1.54) is 24.9 Å². The van der Waals surface area contributed by atoms with Crippen LogP contribution in [0.4, 0.5) is 0 Å². The van der Waals surface area contributed by atoms with Crippen molar-refractivity contribution < 1.29 is 4.74 Å². The second kappa shape index (κ2) is 4.85. The number of aromatic amines is 1. The van der Waals surface area contributed by atoms with Gasteiger partial charge in [-0.2, -0.15) is 4.98 Å². The number of pyridine rings is 1. The third-order valence-electron chi connectivity index (χ3n) is 2.97. The summed E-state index contributed by atoms with van der Waals surface area (Å²) in [6.07, 6.45) is 3.13. The molecular formula is C12H10BrN5O3. The maximum absolute atomic E-state index is 12.0. The van der Waals surface area contributed by atoms with Crippen LogP contribution in [0.2, 0.25) is 0 Å². The van der Waals surface area contributed by atoms with Crippen LogP contribution in [0.25, 0.3) is 11.2 Å². The van der Waals surface area contributed by atoms with Crippen LogP contribution < -0.4 is 16.0 Å². The molecule has 0 aliphatic carbocycles. The average molecular weight is 352 g/mol. The third-order valence-corrected chi connectivity index (χ3v) is 3.40. The van der Waals surface area contributed by atoms with Gasteiger partial charge < -0.3 is 9.72 Å². The summed E-state index contributed by atoms with van der Waals surface area (Å²) in [6, 6.07) is 1.82. The van der Waals surface area contributed by atoms with Crippen LogP contribution in [0.3, 0.4) is 0 Å². The van der Waals surface area contributed by atoms with Crippen molar-refractivity contribution in [1.82, 2.24) is 24.1 Å². The minimum atomic E-state index is -0.456. The highest BCUT2D eigenvalue weighted by Crippen LogP contribution is 2.21. The number of aromatic nitrogens is 5. The number of nitrogens with zero attached hydrogens (tertiary/aromatic N) is 4. The highest BCUT2D eigenvalue weighted by Gasteiger charge is 2.14. The van der Waals surface area contributed by atoms with E-state index in [1.54, 1.807) is 12.3 Å². The van der Waals surface area contributed by atoms with Crippen molar-refractivity contribution in [2.24, 2.45) is 14.1 Å². The molecule has 0 saturated heterocycles. The first kappa shape index (κ1) is 13.6. The maximum Gasteiger partial charge on any atom is 0.332 e. The summed E-state index contributed by atoms with van der Waals surface area (Å²) in [7, 11) is 2.94. The van der Waals surface area contributed by atoms with Gasteiger partial charge in [-0.25, -0.2) is 4.79 Å². The van der Waals surface area contributed by atoms with Gasteiger partial charge in [0.25, 0.3) is 5.56 Å². The molecular weight excluding hydrogens is 342 g/mol. The lowest BCUT2D eigenvalue weighted by molar-refractivity contribution is 0.446. The van der Waals surface area contributed by atoms with E-state index in [9.17, 15) is 9.59 Å². The molecule has 0 aliphatic rings. The van der Waals surface area contributed by atoms with Crippen LogP contribution in [0.1, 0.15) is 0 Å². The fraction of sp³-hybridized carbons (Fsp3) is 0.167. The molecule has 0 fully saturated rings. The van der Waals surface area contributed by atoms with Crippen LogP contribution >= 0.6 is 15.9 Å². The molecule has 8 nitrogen and oxygen atoms in total. The molecule has 108 valence electrons. The number of nitrogens with one attached hydrogen (secondary N) is 1. The quantitative estimate of drug-likeness (QED) is 0.740. The molecule has 0 unspecified atom stereocenters. The fourth-order valence-corrected chi connectivity index (χ4v) is 2.26. The largest absolute Gasteiger partial charge is 0.424 e. The van der Waals surface area contributed by atoms with Crippen LogP contribution in [0.15, 0.2) is 32.5 Å². The summed E-state index contributed by atoms with van der Waals surface area (Å²) in [5.41, 5.74) is -0.462. The molecule has 0 aromatic carbocycles. The Labute approximate surface area is 126 Å². The van der Waals surface area contributed by atoms with E-state index >= 15 is 0 Å². The lowest BCUT2D eigenvalue weighted by Gasteiger charge is -2.00. The Morgan fingerprint density at radius 2 is 2.00 bits per heavy atom. The van der Waals surface area contributed by atoms with Crippen molar-refractivity contribution in [3.63, 3.8) is 0 Å². The summed E-state index contributed by atoms with van der Waals surface area (Å²) in [5, 5.41) is 0. The number of H-pyrrole nitrogens is 1. The van der Waals surface area contributed by atoms with Crippen LogP contribution in [0.5, 0.6) is 11.8 Å². The molecule has 3 aromatic rings. The van der Waals surface area contributed by atoms with Crippen molar-refractivity contribution in [1.29, 1.82) is 0 Å². The summed E-state index contributed by atoms with van der Waals surface area (Å²) < 4.78 is 8.54. The van der Waals surface area contributed by atoms with Gasteiger partial charge in [0.05, 0.1) is 6.20 Å². The van der Waals surface area contributed by atoms with Crippen molar-refractivity contribution in [2.75, 3.05) is 0 Å². The highest BCUT2D eigenvalue weighted by atomic mass is 79.9. The van der Waals surface area contributed by atoms with Crippen LogP contribution in [0, 0.1) is 0 Å². The van der Waals surface area contributed by atoms with Gasteiger partial charge in [0.15, 0.2) is 11.2 Å². The zero-order valence-electron chi connectivity index (χ0n) is 11.1. The number of fused-ring (bicyclic) bond motifs is 1. The molecule has 1 N–H and O–H groups in total.